The maximum Gasteiger partial charge on any atom is 0.326 e. The third-order valence-corrected chi connectivity index (χ3v) is 3.36. The zero-order valence-corrected chi connectivity index (χ0v) is 11.6. The van der Waals surface area contributed by atoms with Crippen molar-refractivity contribution in [1.82, 2.24) is 10.3 Å². The van der Waals surface area contributed by atoms with Crippen LogP contribution >= 0.6 is 11.3 Å². The normalized spacial score (nSPS) is 12.4. The lowest BCUT2D eigenvalue weighted by atomic mass is 10.0. The first-order chi connectivity index (χ1) is 8.45. The number of aromatic nitrogens is 1. The maximum atomic E-state index is 12.0. The lowest BCUT2D eigenvalue weighted by Gasteiger charge is -2.16. The van der Waals surface area contributed by atoms with Gasteiger partial charge < -0.3 is 10.4 Å². The number of hydrogen-bond donors (Lipinski definition) is 2. The van der Waals surface area contributed by atoms with Gasteiger partial charge in [0, 0.05) is 0 Å². The number of aryl methyl sites for hydroxylation is 1. The van der Waals surface area contributed by atoms with Crippen LogP contribution in [-0.2, 0) is 11.2 Å². The van der Waals surface area contributed by atoms with Crippen molar-refractivity contribution >= 4 is 23.2 Å². The molecule has 2 N–H and O–H groups in total. The molecule has 1 rings (SSSR count). The van der Waals surface area contributed by atoms with E-state index in [0.717, 1.165) is 0 Å². The number of nitrogens with zero attached hydrogens (tertiary/aromatic N) is 1. The molecule has 0 saturated heterocycles. The van der Waals surface area contributed by atoms with Gasteiger partial charge in [0.25, 0.3) is 5.91 Å². The molecule has 0 aliphatic rings. The molecule has 0 aliphatic heterocycles. The van der Waals surface area contributed by atoms with Crippen molar-refractivity contribution in [1.29, 1.82) is 0 Å². The van der Waals surface area contributed by atoms with Gasteiger partial charge in [0.15, 0.2) is 0 Å². The second kappa shape index (κ2) is 6.49. The fraction of sp³-hybridized carbons (Fsp3) is 0.583. The van der Waals surface area contributed by atoms with E-state index < -0.39 is 12.0 Å². The molecule has 0 bridgehead atoms. The standard InChI is InChI=1S/C12H18N2O3S/c1-4-8-10(18-6-13-8)11(15)14-9(12(16)17)5-7(2)3/h6-7,9H,4-5H2,1-3H3,(H,14,15)(H,16,17)/t9-/m0/s1. The lowest BCUT2D eigenvalue weighted by Crippen LogP contribution is -2.41. The van der Waals surface area contributed by atoms with Crippen molar-refractivity contribution in [3.63, 3.8) is 0 Å². The Morgan fingerprint density at radius 3 is 2.67 bits per heavy atom. The highest BCUT2D eigenvalue weighted by Gasteiger charge is 2.23. The SMILES string of the molecule is CCc1ncsc1C(=O)N[C@@H](CC(C)C)C(=O)O. The Hall–Kier alpha value is -1.43. The number of carbonyl (C=O) groups excluding carboxylic acids is 1. The molecule has 0 fully saturated rings. The van der Waals surface area contributed by atoms with Crippen LogP contribution in [0.5, 0.6) is 0 Å². The number of hydrogen-bond acceptors (Lipinski definition) is 4. The fourth-order valence-corrected chi connectivity index (χ4v) is 2.41. The number of carbonyl (C=O) groups is 2. The molecule has 1 heterocycles. The highest BCUT2D eigenvalue weighted by atomic mass is 32.1. The molecule has 1 amide bonds. The summed E-state index contributed by atoms with van der Waals surface area (Å²) in [7, 11) is 0. The summed E-state index contributed by atoms with van der Waals surface area (Å²) in [5, 5.41) is 11.6. The van der Waals surface area contributed by atoms with Crippen LogP contribution < -0.4 is 5.32 Å². The molecular weight excluding hydrogens is 252 g/mol. The predicted octanol–water partition coefficient (Wildman–Crippen LogP) is 1.93. The average molecular weight is 270 g/mol. The Labute approximate surface area is 110 Å². The Morgan fingerprint density at radius 2 is 2.17 bits per heavy atom. The number of carboxylic acid groups (broad SMARTS) is 1. The quantitative estimate of drug-likeness (QED) is 0.828. The summed E-state index contributed by atoms with van der Waals surface area (Å²) in [4.78, 5) is 27.6. The van der Waals surface area contributed by atoms with Crippen LogP contribution in [0.4, 0.5) is 0 Å². The number of rotatable bonds is 6. The highest BCUT2D eigenvalue weighted by Crippen LogP contribution is 2.15. The Morgan fingerprint density at radius 1 is 1.50 bits per heavy atom. The van der Waals surface area contributed by atoms with E-state index >= 15 is 0 Å². The van der Waals surface area contributed by atoms with Gasteiger partial charge >= 0.3 is 5.97 Å². The molecule has 0 spiro atoms. The third kappa shape index (κ3) is 3.80. The largest absolute Gasteiger partial charge is 0.480 e. The topological polar surface area (TPSA) is 79.3 Å². The Bertz CT molecular complexity index is 429. The molecule has 0 radical (unpaired) electrons. The number of nitrogens with one attached hydrogen (secondary N) is 1. The van der Waals surface area contributed by atoms with E-state index in [1.54, 1.807) is 5.51 Å². The summed E-state index contributed by atoms with van der Waals surface area (Å²) < 4.78 is 0. The zero-order chi connectivity index (χ0) is 13.7. The molecule has 0 unspecified atom stereocenters. The molecule has 1 aromatic rings. The molecule has 0 aromatic carbocycles. The number of thiazole rings is 1. The van der Waals surface area contributed by atoms with Gasteiger partial charge in [0.05, 0.1) is 11.2 Å². The van der Waals surface area contributed by atoms with Crippen molar-refractivity contribution in [3.8, 4) is 0 Å². The number of carboxylic acids is 1. The lowest BCUT2D eigenvalue weighted by molar-refractivity contribution is -0.139. The van der Waals surface area contributed by atoms with Crippen LogP contribution in [0.25, 0.3) is 0 Å². The molecule has 0 aliphatic carbocycles. The Balaban J connectivity index is 2.75. The minimum atomic E-state index is -1.00. The Kier molecular flexibility index (Phi) is 5.27. The van der Waals surface area contributed by atoms with Crippen molar-refractivity contribution in [2.45, 2.75) is 39.7 Å². The summed E-state index contributed by atoms with van der Waals surface area (Å²) in [6.45, 7) is 5.76. The molecule has 100 valence electrons. The maximum absolute atomic E-state index is 12.0. The molecule has 1 atom stereocenters. The van der Waals surface area contributed by atoms with Crippen LogP contribution in [0.3, 0.4) is 0 Å². The van der Waals surface area contributed by atoms with Gasteiger partial charge in [-0.15, -0.1) is 11.3 Å². The van der Waals surface area contributed by atoms with E-state index in [-0.39, 0.29) is 11.8 Å². The van der Waals surface area contributed by atoms with Gasteiger partial charge in [-0.1, -0.05) is 20.8 Å². The second-order valence-electron chi connectivity index (χ2n) is 4.48. The monoisotopic (exact) mass is 270 g/mol. The first-order valence-corrected chi connectivity index (χ1v) is 6.79. The highest BCUT2D eigenvalue weighted by molar-refractivity contribution is 7.11. The molecule has 18 heavy (non-hydrogen) atoms. The summed E-state index contributed by atoms with van der Waals surface area (Å²) >= 11 is 1.24. The van der Waals surface area contributed by atoms with Crippen LogP contribution in [0.1, 0.15) is 42.6 Å². The van der Waals surface area contributed by atoms with Crippen LogP contribution in [0.2, 0.25) is 0 Å². The van der Waals surface area contributed by atoms with E-state index in [1.807, 2.05) is 20.8 Å². The number of amides is 1. The van der Waals surface area contributed by atoms with Crippen LogP contribution in [-0.4, -0.2) is 28.0 Å². The zero-order valence-electron chi connectivity index (χ0n) is 10.8. The first kappa shape index (κ1) is 14.6. The minimum absolute atomic E-state index is 0.207. The van der Waals surface area contributed by atoms with Crippen LogP contribution in [0.15, 0.2) is 5.51 Å². The van der Waals surface area contributed by atoms with Gasteiger partial charge in [0.1, 0.15) is 10.9 Å². The smallest absolute Gasteiger partial charge is 0.326 e. The van der Waals surface area contributed by atoms with E-state index in [2.05, 4.69) is 10.3 Å². The van der Waals surface area contributed by atoms with Crippen molar-refractivity contribution in [2.75, 3.05) is 0 Å². The van der Waals surface area contributed by atoms with E-state index in [0.29, 0.717) is 23.4 Å². The van der Waals surface area contributed by atoms with E-state index in [4.69, 9.17) is 5.11 Å². The van der Waals surface area contributed by atoms with Gasteiger partial charge in [-0.25, -0.2) is 9.78 Å². The van der Waals surface area contributed by atoms with E-state index in [9.17, 15) is 9.59 Å². The van der Waals surface area contributed by atoms with E-state index in [1.165, 1.54) is 11.3 Å². The summed E-state index contributed by atoms with van der Waals surface area (Å²) in [6.07, 6.45) is 1.08. The van der Waals surface area contributed by atoms with Crippen molar-refractivity contribution < 1.29 is 14.7 Å². The van der Waals surface area contributed by atoms with Crippen molar-refractivity contribution in [2.24, 2.45) is 5.92 Å². The first-order valence-electron chi connectivity index (χ1n) is 5.91. The predicted molar refractivity (Wildman–Crippen MR) is 69.8 cm³/mol. The molecule has 0 saturated carbocycles. The summed E-state index contributed by atoms with van der Waals surface area (Å²) in [5.41, 5.74) is 2.32. The second-order valence-corrected chi connectivity index (χ2v) is 5.33. The molecule has 6 heteroatoms. The van der Waals surface area contributed by atoms with Gasteiger partial charge in [-0.3, -0.25) is 4.79 Å². The van der Waals surface area contributed by atoms with Gasteiger partial charge in [-0.2, -0.15) is 0 Å². The van der Waals surface area contributed by atoms with Gasteiger partial charge in [0.2, 0.25) is 0 Å². The minimum Gasteiger partial charge on any atom is -0.480 e. The molecular formula is C12H18N2O3S. The molecule has 1 aromatic heterocycles. The van der Waals surface area contributed by atoms with Crippen LogP contribution in [0, 0.1) is 5.92 Å². The summed E-state index contributed by atoms with van der Waals surface area (Å²) in [5.74, 6) is -1.14. The van der Waals surface area contributed by atoms with Crippen molar-refractivity contribution in [3.05, 3.63) is 16.1 Å². The molecule has 5 nitrogen and oxygen atoms in total. The van der Waals surface area contributed by atoms with Gasteiger partial charge in [-0.05, 0) is 18.8 Å². The third-order valence-electron chi connectivity index (χ3n) is 2.49. The fourth-order valence-electron chi connectivity index (χ4n) is 1.62. The number of aliphatic carboxylic acids is 1. The average Bonchev–Trinajstić information content (AvgIpc) is 2.75. The summed E-state index contributed by atoms with van der Waals surface area (Å²) in [6, 6.07) is -0.843.